The summed E-state index contributed by atoms with van der Waals surface area (Å²) in [5, 5.41) is 19.3. The van der Waals surface area contributed by atoms with Crippen molar-refractivity contribution in [2.24, 2.45) is 0 Å². The molecule has 1 unspecified atom stereocenters. The minimum Gasteiger partial charge on any atom is -0.463 e. The van der Waals surface area contributed by atoms with E-state index in [4.69, 9.17) is 14.2 Å². The molecule has 3 atom stereocenters. The molecule has 8 nitrogen and oxygen atoms in total. The number of carbonyl (C=O) groups is 2. The lowest BCUT2D eigenvalue weighted by molar-refractivity contribution is -0.150. The maximum Gasteiger partial charge on any atom is 0.305 e. The molecule has 346 valence electrons. The highest BCUT2D eigenvalue weighted by molar-refractivity contribution is 5.77. The molecule has 59 heavy (non-hydrogen) atoms. The molecule has 8 heteroatoms. The lowest BCUT2D eigenvalue weighted by Crippen LogP contribution is -2.37. The van der Waals surface area contributed by atoms with E-state index in [0.717, 1.165) is 44.9 Å². The molecule has 0 radical (unpaired) electrons. The highest BCUT2D eigenvalue weighted by Crippen LogP contribution is 2.20. The van der Waals surface area contributed by atoms with E-state index in [-0.39, 0.29) is 37.2 Å². The largest absolute Gasteiger partial charge is 0.463 e. The molecular formula is C51H95NO7. The van der Waals surface area contributed by atoms with E-state index >= 15 is 0 Å². The van der Waals surface area contributed by atoms with E-state index in [1.807, 2.05) is 0 Å². The Labute approximate surface area is 364 Å². The van der Waals surface area contributed by atoms with Crippen LogP contribution in [0.3, 0.4) is 0 Å². The third-order valence-corrected chi connectivity index (χ3v) is 11.7. The molecule has 0 bridgehead atoms. The summed E-state index contributed by atoms with van der Waals surface area (Å²) in [5.41, 5.74) is 0. The number of amides is 1. The Morgan fingerprint density at radius 3 is 1.53 bits per heavy atom. The van der Waals surface area contributed by atoms with Gasteiger partial charge in [-0.2, -0.15) is 0 Å². The van der Waals surface area contributed by atoms with E-state index in [1.165, 1.54) is 154 Å². The quantitative estimate of drug-likeness (QED) is 0.0358. The number of aliphatic hydroxyl groups excluding tert-OH is 2. The van der Waals surface area contributed by atoms with Gasteiger partial charge in [0, 0.05) is 32.6 Å². The van der Waals surface area contributed by atoms with Crippen molar-refractivity contribution in [3.8, 4) is 0 Å². The number of esters is 1. The van der Waals surface area contributed by atoms with Gasteiger partial charge < -0.3 is 29.3 Å². The average molecular weight is 834 g/mol. The van der Waals surface area contributed by atoms with Crippen LogP contribution in [0.4, 0.5) is 0 Å². The molecule has 1 heterocycles. The van der Waals surface area contributed by atoms with Crippen LogP contribution in [0.15, 0.2) is 24.3 Å². The van der Waals surface area contributed by atoms with E-state index < -0.39 is 6.10 Å². The number of β-amino-alcohol motifs (C(OH)–C–C–N with tert-alkyl or cyclic N) is 1. The van der Waals surface area contributed by atoms with Gasteiger partial charge in [-0.1, -0.05) is 160 Å². The number of unbranched alkanes of at least 4 members (excludes halogenated alkanes) is 26. The number of ether oxygens (including phenoxy) is 3. The molecular weight excluding hydrogens is 739 g/mol. The Morgan fingerprint density at radius 2 is 1.02 bits per heavy atom. The number of aliphatic hydroxyl groups is 2. The summed E-state index contributed by atoms with van der Waals surface area (Å²) in [6.07, 6.45) is 47.6. The van der Waals surface area contributed by atoms with Gasteiger partial charge in [-0.25, -0.2) is 0 Å². The van der Waals surface area contributed by atoms with Crippen LogP contribution in [-0.2, 0) is 23.8 Å². The maximum atomic E-state index is 12.6. The summed E-state index contributed by atoms with van der Waals surface area (Å²) in [5.74, 6) is -0.219. The van der Waals surface area contributed by atoms with Crippen molar-refractivity contribution in [3.05, 3.63) is 24.3 Å². The van der Waals surface area contributed by atoms with Gasteiger partial charge in [-0.15, -0.1) is 0 Å². The lowest BCUT2D eigenvalue weighted by atomic mass is 10.1. The fraction of sp³-hybridized carbons (Fsp3) is 0.882. The first-order valence-corrected chi connectivity index (χ1v) is 25.2. The van der Waals surface area contributed by atoms with Crippen molar-refractivity contribution in [1.29, 1.82) is 0 Å². The number of rotatable bonds is 44. The van der Waals surface area contributed by atoms with Crippen molar-refractivity contribution >= 4 is 11.9 Å². The first-order chi connectivity index (χ1) is 29.0. The van der Waals surface area contributed by atoms with Crippen LogP contribution >= 0.6 is 0 Å². The predicted octanol–water partition coefficient (Wildman–Crippen LogP) is 12.9. The van der Waals surface area contributed by atoms with Crippen molar-refractivity contribution < 1.29 is 34.0 Å². The lowest BCUT2D eigenvalue weighted by Gasteiger charge is -2.22. The van der Waals surface area contributed by atoms with E-state index in [0.29, 0.717) is 45.6 Å². The Morgan fingerprint density at radius 1 is 0.576 bits per heavy atom. The second-order valence-corrected chi connectivity index (χ2v) is 17.5. The van der Waals surface area contributed by atoms with Crippen LogP contribution in [0.2, 0.25) is 0 Å². The van der Waals surface area contributed by atoms with Gasteiger partial charge >= 0.3 is 5.97 Å². The summed E-state index contributed by atoms with van der Waals surface area (Å²) in [6, 6.07) is -0.274. The maximum absolute atomic E-state index is 12.6. The van der Waals surface area contributed by atoms with Gasteiger partial charge in [0.1, 0.15) is 12.7 Å². The zero-order chi connectivity index (χ0) is 42.7. The SMILES string of the molecule is CCCCCCCC/C=C\CCCCCCCCOCC(COC(=O)CCCCCCC(=O)N1C[C@H](O)C[C@H]1CO)OCCCCCCC/C=C\CCCCCCCC. The molecule has 0 aromatic rings. The third-order valence-electron chi connectivity index (χ3n) is 11.7. The molecule has 1 fully saturated rings. The smallest absolute Gasteiger partial charge is 0.305 e. The second kappa shape index (κ2) is 42.9. The predicted molar refractivity (Wildman–Crippen MR) is 247 cm³/mol. The topological polar surface area (TPSA) is 106 Å². The fourth-order valence-electron chi connectivity index (χ4n) is 7.90. The molecule has 1 saturated heterocycles. The van der Waals surface area contributed by atoms with Crippen LogP contribution in [0, 0.1) is 0 Å². The molecule has 0 aromatic heterocycles. The van der Waals surface area contributed by atoms with Crippen molar-refractivity contribution in [2.45, 2.75) is 250 Å². The summed E-state index contributed by atoms with van der Waals surface area (Å²) >= 11 is 0. The van der Waals surface area contributed by atoms with Gasteiger partial charge in [0.25, 0.3) is 0 Å². The van der Waals surface area contributed by atoms with E-state index in [2.05, 4.69) is 38.2 Å². The second-order valence-electron chi connectivity index (χ2n) is 17.5. The van der Waals surface area contributed by atoms with Crippen molar-refractivity contribution in [1.82, 2.24) is 4.90 Å². The molecule has 1 rings (SSSR count). The minimum atomic E-state index is -0.548. The minimum absolute atomic E-state index is 0.0114. The fourth-order valence-corrected chi connectivity index (χ4v) is 7.90. The molecule has 1 aliphatic rings. The molecule has 0 saturated carbocycles. The monoisotopic (exact) mass is 834 g/mol. The standard InChI is InChI=1S/C51H95NO7/c1-3-5-7-9-11-13-15-17-19-21-22-24-26-28-32-36-40-57-45-49(58-41-37-33-29-27-25-23-20-18-16-14-12-10-8-6-4-2)46-59-51(56)39-35-31-30-34-38-50(55)52-43-48(54)42-47(52)44-53/h17-20,47-49,53-54H,3-16,21-46H2,1-2H3/b19-17-,20-18-/t47-,48+,49?/m0/s1. The normalized spacial score (nSPS) is 16.2. The summed E-state index contributed by atoms with van der Waals surface area (Å²) in [4.78, 5) is 26.7. The van der Waals surface area contributed by atoms with E-state index in [1.54, 1.807) is 4.90 Å². The van der Waals surface area contributed by atoms with Crippen LogP contribution in [0.25, 0.3) is 0 Å². The first kappa shape index (κ1) is 55.3. The van der Waals surface area contributed by atoms with Gasteiger partial charge in [-0.3, -0.25) is 9.59 Å². The Balaban J connectivity index is 2.22. The number of carbonyl (C=O) groups excluding carboxylic acids is 2. The Kier molecular flexibility index (Phi) is 40.2. The first-order valence-electron chi connectivity index (χ1n) is 25.2. The number of hydrogen-bond donors (Lipinski definition) is 2. The zero-order valence-electron chi connectivity index (χ0n) is 38.7. The summed E-state index contributed by atoms with van der Waals surface area (Å²) in [6.45, 7) is 6.78. The molecule has 0 aliphatic carbocycles. The van der Waals surface area contributed by atoms with Gasteiger partial charge in [-0.05, 0) is 83.5 Å². The number of nitrogens with zero attached hydrogens (tertiary/aromatic N) is 1. The zero-order valence-corrected chi connectivity index (χ0v) is 38.7. The molecule has 1 aliphatic heterocycles. The molecule has 1 amide bonds. The van der Waals surface area contributed by atoms with Crippen LogP contribution in [0.1, 0.15) is 232 Å². The number of likely N-dealkylation sites (tertiary alicyclic amines) is 1. The van der Waals surface area contributed by atoms with Gasteiger partial charge in [0.05, 0.1) is 25.4 Å². The summed E-state index contributed by atoms with van der Waals surface area (Å²) < 4.78 is 17.9. The Bertz CT molecular complexity index is 987. The van der Waals surface area contributed by atoms with Gasteiger partial charge in [0.2, 0.25) is 5.91 Å². The summed E-state index contributed by atoms with van der Waals surface area (Å²) in [7, 11) is 0. The van der Waals surface area contributed by atoms with Crippen molar-refractivity contribution in [3.63, 3.8) is 0 Å². The number of hydrogen-bond acceptors (Lipinski definition) is 7. The third kappa shape index (κ3) is 35.5. The Hall–Kier alpha value is -1.74. The van der Waals surface area contributed by atoms with Crippen LogP contribution in [0.5, 0.6) is 0 Å². The molecule has 0 aromatic carbocycles. The highest BCUT2D eigenvalue weighted by Gasteiger charge is 2.33. The average Bonchev–Trinajstić information content (AvgIpc) is 3.63. The van der Waals surface area contributed by atoms with E-state index in [9.17, 15) is 19.8 Å². The van der Waals surface area contributed by atoms with Gasteiger partial charge in [0.15, 0.2) is 0 Å². The highest BCUT2D eigenvalue weighted by atomic mass is 16.6. The molecule has 0 spiro atoms. The van der Waals surface area contributed by atoms with Crippen LogP contribution < -0.4 is 0 Å². The van der Waals surface area contributed by atoms with Crippen molar-refractivity contribution in [2.75, 3.05) is 39.6 Å². The van der Waals surface area contributed by atoms with Crippen LogP contribution in [-0.4, -0.2) is 84.8 Å². The number of allylic oxidation sites excluding steroid dienone is 4. The molecule has 2 N–H and O–H groups in total.